The summed E-state index contributed by atoms with van der Waals surface area (Å²) in [4.78, 5) is 0.719. The van der Waals surface area contributed by atoms with E-state index >= 15 is 0 Å². The lowest BCUT2D eigenvalue weighted by Crippen LogP contribution is -2.13. The number of halogens is 1. The van der Waals surface area contributed by atoms with Crippen molar-refractivity contribution in [3.8, 4) is 27.7 Å². The van der Waals surface area contributed by atoms with Crippen molar-refractivity contribution >= 4 is 32.7 Å². The Morgan fingerprint density at radius 2 is 1.91 bits per heavy atom. The standard InChI is InChI=1S/C22H16FN5O3S2/c1-31-19-9-7-16(13-17(19)23)33(29,30)27-15-5-2-4-14(12-15)18-8-10-21-24-25-22(28(21)26-18)20-6-3-11-32-20/h2-13,27H,1H3. The summed E-state index contributed by atoms with van der Waals surface area (Å²) in [6.07, 6.45) is 0. The first-order valence-electron chi connectivity index (χ1n) is 9.68. The Balaban J connectivity index is 1.48. The normalized spacial score (nSPS) is 11.6. The number of sulfonamides is 1. The van der Waals surface area contributed by atoms with Crippen LogP contribution in [0.15, 0.2) is 77.0 Å². The first kappa shape index (κ1) is 21.0. The van der Waals surface area contributed by atoms with Gasteiger partial charge in [0.15, 0.2) is 23.0 Å². The van der Waals surface area contributed by atoms with Gasteiger partial charge >= 0.3 is 0 Å². The van der Waals surface area contributed by atoms with Crippen LogP contribution in [0.3, 0.4) is 0 Å². The van der Waals surface area contributed by atoms with Crippen LogP contribution in [0, 0.1) is 5.82 Å². The fourth-order valence-electron chi connectivity index (χ4n) is 3.27. The number of hydrogen-bond donors (Lipinski definition) is 1. The van der Waals surface area contributed by atoms with E-state index in [-0.39, 0.29) is 10.6 Å². The van der Waals surface area contributed by atoms with E-state index < -0.39 is 15.8 Å². The van der Waals surface area contributed by atoms with Crippen LogP contribution in [0.5, 0.6) is 5.75 Å². The highest BCUT2D eigenvalue weighted by atomic mass is 32.2. The smallest absolute Gasteiger partial charge is 0.262 e. The second-order valence-corrected chi connectivity index (χ2v) is 9.60. The van der Waals surface area contributed by atoms with Crippen molar-refractivity contribution in [2.45, 2.75) is 4.90 Å². The summed E-state index contributed by atoms with van der Waals surface area (Å²) in [6.45, 7) is 0. The van der Waals surface area contributed by atoms with Crippen LogP contribution < -0.4 is 9.46 Å². The number of anilines is 1. The van der Waals surface area contributed by atoms with E-state index in [9.17, 15) is 12.8 Å². The maximum atomic E-state index is 14.0. The van der Waals surface area contributed by atoms with Gasteiger partial charge in [-0.3, -0.25) is 4.72 Å². The first-order valence-corrected chi connectivity index (χ1v) is 12.0. The summed E-state index contributed by atoms with van der Waals surface area (Å²) < 4.78 is 48.5. The molecule has 0 unspecified atom stereocenters. The zero-order chi connectivity index (χ0) is 23.0. The average Bonchev–Trinajstić information content (AvgIpc) is 3.48. The molecule has 166 valence electrons. The molecule has 1 N–H and O–H groups in total. The molecule has 0 amide bonds. The Bertz CT molecular complexity index is 1570. The Morgan fingerprint density at radius 1 is 1.03 bits per heavy atom. The lowest BCUT2D eigenvalue weighted by atomic mass is 10.1. The van der Waals surface area contributed by atoms with E-state index in [1.54, 1.807) is 34.8 Å². The topological polar surface area (TPSA) is 98.5 Å². The van der Waals surface area contributed by atoms with Crippen LogP contribution in [0.1, 0.15) is 0 Å². The number of nitrogens with zero attached hydrogens (tertiary/aromatic N) is 4. The molecule has 0 spiro atoms. The van der Waals surface area contributed by atoms with Gasteiger partial charge in [-0.25, -0.2) is 12.8 Å². The summed E-state index contributed by atoms with van der Waals surface area (Å²) in [5, 5.41) is 15.0. The zero-order valence-electron chi connectivity index (χ0n) is 17.1. The molecule has 8 nitrogen and oxygen atoms in total. The quantitative estimate of drug-likeness (QED) is 0.384. The second kappa shape index (κ2) is 8.26. The number of hydrogen-bond acceptors (Lipinski definition) is 7. The van der Waals surface area contributed by atoms with Crippen molar-refractivity contribution in [2.24, 2.45) is 0 Å². The number of aromatic nitrogens is 4. The molecule has 2 aromatic carbocycles. The maximum absolute atomic E-state index is 14.0. The highest BCUT2D eigenvalue weighted by Crippen LogP contribution is 2.27. The second-order valence-electron chi connectivity index (χ2n) is 6.97. The molecule has 0 aliphatic rings. The molecule has 3 heterocycles. The highest BCUT2D eigenvalue weighted by Gasteiger charge is 2.18. The Kier molecular flexibility index (Phi) is 5.27. The summed E-state index contributed by atoms with van der Waals surface area (Å²) in [5.41, 5.74) is 2.20. The predicted octanol–water partition coefficient (Wildman–Crippen LogP) is 4.47. The number of fused-ring (bicyclic) bond motifs is 1. The number of ether oxygens (including phenoxy) is 1. The molecule has 0 aliphatic heterocycles. The molecule has 0 radical (unpaired) electrons. The van der Waals surface area contributed by atoms with E-state index in [0.29, 0.717) is 28.4 Å². The van der Waals surface area contributed by atoms with Gasteiger partial charge in [0.25, 0.3) is 10.0 Å². The van der Waals surface area contributed by atoms with Gasteiger partial charge in [0.2, 0.25) is 0 Å². The van der Waals surface area contributed by atoms with Crippen LogP contribution in [0.2, 0.25) is 0 Å². The van der Waals surface area contributed by atoms with Gasteiger partial charge in [-0.05, 0) is 53.9 Å². The van der Waals surface area contributed by atoms with Gasteiger partial charge in [0, 0.05) is 11.3 Å². The zero-order valence-corrected chi connectivity index (χ0v) is 18.8. The van der Waals surface area contributed by atoms with Gasteiger partial charge in [-0.1, -0.05) is 18.2 Å². The molecule has 0 saturated heterocycles. The summed E-state index contributed by atoms with van der Waals surface area (Å²) in [7, 11) is -2.70. The van der Waals surface area contributed by atoms with Gasteiger partial charge in [-0.2, -0.15) is 9.61 Å². The van der Waals surface area contributed by atoms with Crippen molar-refractivity contribution < 1.29 is 17.5 Å². The van der Waals surface area contributed by atoms with Crippen LogP contribution in [0.25, 0.3) is 27.6 Å². The summed E-state index contributed by atoms with van der Waals surface area (Å²) >= 11 is 1.53. The van der Waals surface area contributed by atoms with Crippen molar-refractivity contribution in [3.05, 3.63) is 77.9 Å². The molecule has 5 aromatic rings. The van der Waals surface area contributed by atoms with E-state index in [4.69, 9.17) is 4.74 Å². The molecule has 5 rings (SSSR count). The van der Waals surface area contributed by atoms with Crippen molar-refractivity contribution in [1.29, 1.82) is 0 Å². The van der Waals surface area contributed by atoms with Crippen molar-refractivity contribution in [1.82, 2.24) is 19.8 Å². The molecule has 0 saturated carbocycles. The molecule has 33 heavy (non-hydrogen) atoms. The van der Waals surface area contributed by atoms with Crippen LogP contribution in [0.4, 0.5) is 10.1 Å². The first-order chi connectivity index (χ1) is 15.9. The SMILES string of the molecule is COc1ccc(S(=O)(=O)Nc2cccc(-c3ccc4nnc(-c5cccs5)n4n3)c2)cc1F. The van der Waals surface area contributed by atoms with E-state index in [0.717, 1.165) is 10.9 Å². The molecular weight excluding hydrogens is 465 g/mol. The van der Waals surface area contributed by atoms with Gasteiger partial charge in [-0.15, -0.1) is 21.5 Å². The minimum Gasteiger partial charge on any atom is -0.494 e. The third-order valence-electron chi connectivity index (χ3n) is 4.85. The number of thiophene rings is 1. The summed E-state index contributed by atoms with van der Waals surface area (Å²) in [6, 6.07) is 17.7. The minimum atomic E-state index is -4.01. The third kappa shape index (κ3) is 4.03. The van der Waals surface area contributed by atoms with E-state index in [1.807, 2.05) is 23.6 Å². The fraction of sp³-hybridized carbons (Fsp3) is 0.0455. The maximum Gasteiger partial charge on any atom is 0.262 e. The minimum absolute atomic E-state index is 0.0340. The van der Waals surface area contributed by atoms with Gasteiger partial charge < -0.3 is 4.74 Å². The molecule has 0 bridgehead atoms. The highest BCUT2D eigenvalue weighted by molar-refractivity contribution is 7.92. The Hall–Kier alpha value is -3.83. The van der Waals surface area contributed by atoms with Gasteiger partial charge in [0.05, 0.1) is 22.6 Å². The van der Waals surface area contributed by atoms with Crippen LogP contribution in [-0.2, 0) is 10.0 Å². The predicted molar refractivity (Wildman–Crippen MR) is 123 cm³/mol. The van der Waals surface area contributed by atoms with Crippen molar-refractivity contribution in [2.75, 3.05) is 11.8 Å². The lowest BCUT2D eigenvalue weighted by molar-refractivity contribution is 0.385. The molecule has 0 aliphatic carbocycles. The Morgan fingerprint density at radius 3 is 2.67 bits per heavy atom. The lowest BCUT2D eigenvalue weighted by Gasteiger charge is -2.11. The van der Waals surface area contributed by atoms with Crippen LogP contribution >= 0.6 is 11.3 Å². The van der Waals surface area contributed by atoms with E-state index in [2.05, 4.69) is 20.0 Å². The largest absolute Gasteiger partial charge is 0.494 e. The monoisotopic (exact) mass is 481 g/mol. The number of methoxy groups -OCH3 is 1. The average molecular weight is 482 g/mol. The molecule has 0 fully saturated rings. The van der Waals surface area contributed by atoms with E-state index in [1.165, 1.54) is 30.6 Å². The van der Waals surface area contributed by atoms with Crippen molar-refractivity contribution in [3.63, 3.8) is 0 Å². The molecule has 3 aromatic heterocycles. The number of nitrogens with one attached hydrogen (secondary N) is 1. The van der Waals surface area contributed by atoms with Crippen LogP contribution in [-0.4, -0.2) is 35.3 Å². The third-order valence-corrected chi connectivity index (χ3v) is 7.09. The Labute approximate surface area is 192 Å². The molecule has 0 atom stereocenters. The molecular formula is C22H16FN5O3S2. The summed E-state index contributed by atoms with van der Waals surface area (Å²) in [5.74, 6) is -0.171. The molecule has 11 heteroatoms. The van der Waals surface area contributed by atoms with Gasteiger partial charge in [0.1, 0.15) is 0 Å². The number of rotatable bonds is 6. The number of benzene rings is 2. The fourth-order valence-corrected chi connectivity index (χ4v) is 5.03.